The molecular formula is C25H36N4O3. The Kier molecular flexibility index (Phi) is 7.92. The van der Waals surface area contributed by atoms with Crippen molar-refractivity contribution in [1.29, 1.82) is 0 Å². The first-order chi connectivity index (χ1) is 15.7. The van der Waals surface area contributed by atoms with Gasteiger partial charge in [-0.2, -0.15) is 0 Å². The molecule has 2 atom stereocenters. The second-order valence-electron chi connectivity index (χ2n) is 9.22. The van der Waals surface area contributed by atoms with E-state index in [0.717, 1.165) is 19.5 Å². The molecule has 3 heterocycles. The van der Waals surface area contributed by atoms with Crippen molar-refractivity contribution in [3.05, 3.63) is 40.4 Å². The van der Waals surface area contributed by atoms with E-state index in [9.17, 15) is 9.59 Å². The number of aromatic amines is 1. The van der Waals surface area contributed by atoms with Gasteiger partial charge in [-0.15, -0.1) is 0 Å². The van der Waals surface area contributed by atoms with E-state index >= 15 is 0 Å². The Hall–Kier alpha value is -2.25. The Morgan fingerprint density at radius 2 is 2.06 bits per heavy atom. The second kappa shape index (κ2) is 11.1. The smallest absolute Gasteiger partial charge is 0.258 e. The minimum absolute atomic E-state index is 0.143. The largest absolute Gasteiger partial charge is 0.385 e. The van der Waals surface area contributed by atoms with Crippen molar-refractivity contribution in [2.75, 3.05) is 39.9 Å². The van der Waals surface area contributed by atoms with Gasteiger partial charge in [-0.1, -0.05) is 18.6 Å². The van der Waals surface area contributed by atoms with Gasteiger partial charge in [0.2, 0.25) is 5.91 Å². The number of benzene rings is 1. The van der Waals surface area contributed by atoms with Crippen LogP contribution < -0.4 is 5.56 Å². The monoisotopic (exact) mass is 440 g/mol. The number of hydrogen-bond donors (Lipinski definition) is 1. The maximum Gasteiger partial charge on any atom is 0.258 e. The van der Waals surface area contributed by atoms with Gasteiger partial charge in [0.15, 0.2) is 0 Å². The standard InChI is InChI=1S/C25H36N4O3/c1-32-17-7-16-29(18-19-8-6-15-28-14-5-4-11-22(19)28)24(30)13-12-23-26-21-10-3-2-9-20(21)25(31)27-23/h2-3,9-10,19,22H,4-8,11-18H2,1H3,(H,26,27,31). The summed E-state index contributed by atoms with van der Waals surface area (Å²) in [5, 5.41) is 0.582. The Morgan fingerprint density at radius 3 is 2.94 bits per heavy atom. The highest BCUT2D eigenvalue weighted by atomic mass is 16.5. The molecule has 1 aromatic heterocycles. The summed E-state index contributed by atoms with van der Waals surface area (Å²) in [5.74, 6) is 1.27. The van der Waals surface area contributed by atoms with Crippen LogP contribution in [0.5, 0.6) is 0 Å². The topological polar surface area (TPSA) is 78.5 Å². The number of amides is 1. The van der Waals surface area contributed by atoms with Crippen molar-refractivity contribution in [3.63, 3.8) is 0 Å². The molecule has 1 amide bonds. The lowest BCUT2D eigenvalue weighted by Crippen LogP contribution is -2.51. The van der Waals surface area contributed by atoms with Crippen molar-refractivity contribution < 1.29 is 9.53 Å². The molecule has 2 unspecified atom stereocenters. The number of nitrogens with zero attached hydrogens (tertiary/aromatic N) is 3. The zero-order valence-electron chi connectivity index (χ0n) is 19.2. The zero-order chi connectivity index (χ0) is 22.3. The fraction of sp³-hybridized carbons (Fsp3) is 0.640. The Morgan fingerprint density at radius 1 is 1.22 bits per heavy atom. The molecule has 2 aliphatic heterocycles. The molecule has 0 aliphatic carbocycles. The minimum atomic E-state index is -0.144. The maximum absolute atomic E-state index is 13.2. The number of rotatable bonds is 9. The van der Waals surface area contributed by atoms with Gasteiger partial charge in [0.25, 0.3) is 5.56 Å². The van der Waals surface area contributed by atoms with Crippen LogP contribution in [0.4, 0.5) is 0 Å². The van der Waals surface area contributed by atoms with Gasteiger partial charge in [0.1, 0.15) is 5.82 Å². The summed E-state index contributed by atoms with van der Waals surface area (Å²) in [4.78, 5) is 37.7. The van der Waals surface area contributed by atoms with Crippen LogP contribution in [0.25, 0.3) is 10.9 Å². The predicted octanol–water partition coefficient (Wildman–Crippen LogP) is 2.99. The van der Waals surface area contributed by atoms with Crippen molar-refractivity contribution >= 4 is 16.8 Å². The lowest BCUT2D eigenvalue weighted by Gasteiger charge is -2.45. The first-order valence-corrected chi connectivity index (χ1v) is 12.1. The molecule has 32 heavy (non-hydrogen) atoms. The fourth-order valence-corrected chi connectivity index (χ4v) is 5.43. The third-order valence-electron chi connectivity index (χ3n) is 7.05. The van der Waals surface area contributed by atoms with E-state index in [1.54, 1.807) is 13.2 Å². The third kappa shape index (κ3) is 5.56. The minimum Gasteiger partial charge on any atom is -0.385 e. The van der Waals surface area contributed by atoms with Gasteiger partial charge in [0.05, 0.1) is 10.9 Å². The summed E-state index contributed by atoms with van der Waals surface area (Å²) in [6, 6.07) is 7.94. The molecule has 0 bridgehead atoms. The first-order valence-electron chi connectivity index (χ1n) is 12.1. The normalized spacial score (nSPS) is 21.4. The fourth-order valence-electron chi connectivity index (χ4n) is 5.43. The second-order valence-corrected chi connectivity index (χ2v) is 9.22. The lowest BCUT2D eigenvalue weighted by atomic mass is 9.83. The Labute approximate surface area is 190 Å². The van der Waals surface area contributed by atoms with Gasteiger partial charge in [-0.05, 0) is 63.2 Å². The summed E-state index contributed by atoms with van der Waals surface area (Å²) in [7, 11) is 1.70. The number of methoxy groups -OCH3 is 1. The van der Waals surface area contributed by atoms with Crippen LogP contribution in [0.1, 0.15) is 50.8 Å². The van der Waals surface area contributed by atoms with Gasteiger partial charge in [0, 0.05) is 45.7 Å². The first kappa shape index (κ1) is 22.9. The number of ether oxygens (including phenoxy) is 1. The van der Waals surface area contributed by atoms with Crippen LogP contribution in [-0.2, 0) is 16.0 Å². The van der Waals surface area contributed by atoms with E-state index < -0.39 is 0 Å². The number of hydrogen-bond acceptors (Lipinski definition) is 5. The number of carbonyl (C=O) groups is 1. The average molecular weight is 441 g/mol. The quantitative estimate of drug-likeness (QED) is 0.607. The Bertz CT molecular complexity index is 958. The van der Waals surface area contributed by atoms with Crippen LogP contribution >= 0.6 is 0 Å². The summed E-state index contributed by atoms with van der Waals surface area (Å²) in [6.07, 6.45) is 7.93. The highest BCUT2D eigenvalue weighted by Crippen LogP contribution is 2.31. The number of aromatic nitrogens is 2. The van der Waals surface area contributed by atoms with Gasteiger partial charge < -0.3 is 19.5 Å². The molecule has 4 rings (SSSR count). The highest BCUT2D eigenvalue weighted by molar-refractivity contribution is 5.78. The van der Waals surface area contributed by atoms with Crippen molar-refractivity contribution in [1.82, 2.24) is 19.8 Å². The molecule has 0 saturated carbocycles. The molecule has 0 spiro atoms. The van der Waals surface area contributed by atoms with Crippen LogP contribution in [0.15, 0.2) is 29.1 Å². The van der Waals surface area contributed by atoms with Crippen molar-refractivity contribution in [3.8, 4) is 0 Å². The van der Waals surface area contributed by atoms with E-state index in [2.05, 4.69) is 14.9 Å². The highest BCUT2D eigenvalue weighted by Gasteiger charge is 2.34. The molecule has 1 N–H and O–H groups in total. The van der Waals surface area contributed by atoms with Gasteiger partial charge in [-0.25, -0.2) is 4.98 Å². The van der Waals surface area contributed by atoms with Crippen LogP contribution in [0.2, 0.25) is 0 Å². The van der Waals surface area contributed by atoms with E-state index in [1.165, 1.54) is 45.2 Å². The molecule has 7 nitrogen and oxygen atoms in total. The third-order valence-corrected chi connectivity index (χ3v) is 7.05. The number of carbonyl (C=O) groups excluding carboxylic acids is 1. The number of piperidine rings is 2. The van der Waals surface area contributed by atoms with E-state index in [1.807, 2.05) is 23.1 Å². The van der Waals surface area contributed by atoms with E-state index in [-0.39, 0.29) is 11.5 Å². The molecule has 7 heteroatoms. The van der Waals surface area contributed by atoms with Crippen molar-refractivity contribution in [2.24, 2.45) is 5.92 Å². The molecule has 2 aromatic rings. The number of nitrogens with one attached hydrogen (secondary N) is 1. The molecule has 1 aromatic carbocycles. The molecule has 2 fully saturated rings. The van der Waals surface area contributed by atoms with Crippen LogP contribution in [0.3, 0.4) is 0 Å². The number of aryl methyl sites for hydroxylation is 1. The van der Waals surface area contributed by atoms with E-state index in [4.69, 9.17) is 4.74 Å². The molecule has 174 valence electrons. The Balaban J connectivity index is 1.41. The SMILES string of the molecule is COCCCN(CC1CCCN2CCCCC12)C(=O)CCc1nc2ccccc2c(=O)[nH]1. The zero-order valence-corrected chi connectivity index (χ0v) is 19.2. The number of para-hydroxylation sites is 1. The number of fused-ring (bicyclic) bond motifs is 2. The summed E-state index contributed by atoms with van der Waals surface area (Å²) < 4.78 is 5.24. The average Bonchev–Trinajstić information content (AvgIpc) is 2.82. The lowest BCUT2D eigenvalue weighted by molar-refractivity contribution is -0.132. The van der Waals surface area contributed by atoms with Crippen molar-refractivity contribution in [2.45, 2.75) is 57.4 Å². The summed E-state index contributed by atoms with van der Waals surface area (Å²) in [6.45, 7) is 4.62. The molecule has 0 radical (unpaired) electrons. The number of H-pyrrole nitrogens is 1. The molecule has 2 saturated heterocycles. The summed E-state index contributed by atoms with van der Waals surface area (Å²) in [5.41, 5.74) is 0.532. The maximum atomic E-state index is 13.2. The van der Waals surface area contributed by atoms with Crippen LogP contribution in [-0.4, -0.2) is 71.6 Å². The van der Waals surface area contributed by atoms with Crippen LogP contribution in [0, 0.1) is 5.92 Å². The van der Waals surface area contributed by atoms with E-state index in [0.29, 0.717) is 48.1 Å². The van der Waals surface area contributed by atoms with Gasteiger partial charge in [-0.3, -0.25) is 9.59 Å². The molecular weight excluding hydrogens is 404 g/mol. The van der Waals surface area contributed by atoms with Gasteiger partial charge >= 0.3 is 0 Å². The summed E-state index contributed by atoms with van der Waals surface area (Å²) >= 11 is 0. The predicted molar refractivity (Wildman–Crippen MR) is 126 cm³/mol. The molecule has 2 aliphatic rings.